The van der Waals surface area contributed by atoms with Gasteiger partial charge in [-0.15, -0.1) is 0 Å². The second kappa shape index (κ2) is 10.2. The number of alkyl halides is 1. The summed E-state index contributed by atoms with van der Waals surface area (Å²) < 4.78 is 14.1. The predicted octanol–water partition coefficient (Wildman–Crippen LogP) is 4.64. The van der Waals surface area contributed by atoms with E-state index >= 15 is 0 Å². The van der Waals surface area contributed by atoms with Crippen LogP contribution in [0.4, 0.5) is 14.9 Å². The van der Waals surface area contributed by atoms with Crippen molar-refractivity contribution in [3.63, 3.8) is 0 Å². The molecular weight excluding hydrogens is 359 g/mol. The van der Waals surface area contributed by atoms with Crippen LogP contribution in [0.3, 0.4) is 0 Å². The van der Waals surface area contributed by atoms with Crippen LogP contribution in [0.2, 0.25) is 5.02 Å². The average molecular weight is 383 g/mol. The molecule has 1 aromatic carbocycles. The third-order valence-corrected chi connectivity index (χ3v) is 4.86. The Kier molecular flexibility index (Phi) is 7.91. The number of hydrogen-bond donors (Lipinski definition) is 3. The number of carboxylic acid groups (broad SMARTS) is 1. The van der Waals surface area contributed by atoms with Gasteiger partial charge in [0.05, 0.1) is 0 Å². The molecule has 0 bridgehead atoms. The summed E-state index contributed by atoms with van der Waals surface area (Å²) in [6.07, 6.45) is 5.08. The van der Waals surface area contributed by atoms with Crippen LogP contribution in [0, 0.1) is 11.8 Å². The van der Waals surface area contributed by atoms with Gasteiger partial charge < -0.3 is 15.7 Å². The Balaban J connectivity index is 1.76. The highest BCUT2D eigenvalue weighted by atomic mass is 35.5. The van der Waals surface area contributed by atoms with Gasteiger partial charge in [-0.2, -0.15) is 0 Å². The molecule has 3 N–H and O–H groups in total. The molecule has 1 aliphatic rings. The largest absolute Gasteiger partial charge is 0.481 e. The molecule has 1 aliphatic carbocycles. The number of carbonyl (C=O) groups is 2. The minimum absolute atomic E-state index is 0.0742. The van der Waals surface area contributed by atoms with E-state index in [1.165, 1.54) is 0 Å². The number of amides is 2. The molecule has 0 heterocycles. The minimum Gasteiger partial charge on any atom is -0.481 e. The van der Waals surface area contributed by atoms with Gasteiger partial charge in [0.1, 0.15) is 6.17 Å². The maximum absolute atomic E-state index is 14.1. The van der Waals surface area contributed by atoms with Crippen LogP contribution in [0.25, 0.3) is 0 Å². The second-order valence-corrected chi connectivity index (χ2v) is 6.94. The third-order valence-electron chi connectivity index (χ3n) is 4.61. The molecule has 0 radical (unpaired) electrons. The highest BCUT2D eigenvalue weighted by Crippen LogP contribution is 2.36. The number of carbonyl (C=O) groups excluding carboxylic acids is 1. The van der Waals surface area contributed by atoms with E-state index in [9.17, 15) is 14.0 Å². The van der Waals surface area contributed by atoms with Crippen molar-refractivity contribution in [2.24, 2.45) is 11.8 Å². The summed E-state index contributed by atoms with van der Waals surface area (Å²) in [4.78, 5) is 22.5. The van der Waals surface area contributed by atoms with Crippen molar-refractivity contribution in [3.8, 4) is 0 Å². The molecule has 1 fully saturated rings. The van der Waals surface area contributed by atoms with Crippen molar-refractivity contribution in [2.75, 3.05) is 11.9 Å². The lowest BCUT2D eigenvalue weighted by molar-refractivity contribution is -0.136. The van der Waals surface area contributed by atoms with Gasteiger partial charge in [0.2, 0.25) is 0 Å². The number of urea groups is 1. The molecule has 0 aliphatic heterocycles. The van der Waals surface area contributed by atoms with E-state index in [0.29, 0.717) is 36.5 Å². The van der Waals surface area contributed by atoms with E-state index in [2.05, 4.69) is 10.6 Å². The zero-order valence-corrected chi connectivity index (χ0v) is 15.2. The van der Waals surface area contributed by atoms with Crippen LogP contribution >= 0.6 is 11.6 Å². The van der Waals surface area contributed by atoms with Crippen LogP contribution in [0.5, 0.6) is 0 Å². The van der Waals surface area contributed by atoms with Gasteiger partial charge in [0.25, 0.3) is 0 Å². The fraction of sp³-hybridized carbons (Fsp3) is 0.474. The van der Waals surface area contributed by atoms with Gasteiger partial charge in [-0.25, -0.2) is 9.18 Å². The molecule has 7 heteroatoms. The Morgan fingerprint density at radius 3 is 2.65 bits per heavy atom. The number of rotatable bonds is 8. The molecular formula is C19H24ClFN2O3. The molecule has 26 heavy (non-hydrogen) atoms. The number of nitrogens with one attached hydrogen (secondary N) is 2. The monoisotopic (exact) mass is 382 g/mol. The van der Waals surface area contributed by atoms with Crippen molar-refractivity contribution >= 4 is 29.3 Å². The number of allylic oxidation sites excluding steroid dienone is 2. The van der Waals surface area contributed by atoms with Crippen LogP contribution in [-0.2, 0) is 4.79 Å². The fourth-order valence-corrected chi connectivity index (χ4v) is 3.33. The van der Waals surface area contributed by atoms with Crippen LogP contribution in [0.15, 0.2) is 36.4 Å². The fourth-order valence-electron chi connectivity index (χ4n) is 3.20. The lowest BCUT2D eigenvalue weighted by Gasteiger charge is -2.20. The van der Waals surface area contributed by atoms with Gasteiger partial charge in [-0.1, -0.05) is 23.8 Å². The lowest BCUT2D eigenvalue weighted by atomic mass is 9.91. The molecule has 0 aromatic heterocycles. The SMILES string of the molecule is O=C(O)CC/C=C\C[C@@H]1[C@@H](CNC(=O)Nc2ccc(Cl)cc2)CC[C@H]1F. The van der Waals surface area contributed by atoms with Gasteiger partial charge in [-0.3, -0.25) is 4.79 Å². The van der Waals surface area contributed by atoms with E-state index in [0.717, 1.165) is 6.42 Å². The van der Waals surface area contributed by atoms with E-state index in [-0.39, 0.29) is 24.3 Å². The summed E-state index contributed by atoms with van der Waals surface area (Å²) in [6.45, 7) is 0.410. The lowest BCUT2D eigenvalue weighted by Crippen LogP contribution is -2.35. The van der Waals surface area contributed by atoms with E-state index in [1.807, 2.05) is 6.08 Å². The summed E-state index contributed by atoms with van der Waals surface area (Å²) in [6, 6.07) is 6.47. The molecule has 0 spiro atoms. The first-order valence-electron chi connectivity index (χ1n) is 8.77. The first-order valence-corrected chi connectivity index (χ1v) is 9.14. The number of anilines is 1. The average Bonchev–Trinajstić information content (AvgIpc) is 2.95. The smallest absolute Gasteiger partial charge is 0.319 e. The van der Waals surface area contributed by atoms with E-state index in [1.54, 1.807) is 30.3 Å². The Morgan fingerprint density at radius 1 is 1.23 bits per heavy atom. The normalized spacial score (nSPS) is 22.5. The Hall–Kier alpha value is -2.08. The summed E-state index contributed by atoms with van der Waals surface area (Å²) in [5, 5.41) is 14.7. The van der Waals surface area contributed by atoms with Gasteiger partial charge >= 0.3 is 12.0 Å². The van der Waals surface area contributed by atoms with E-state index in [4.69, 9.17) is 16.7 Å². The van der Waals surface area contributed by atoms with Crippen molar-refractivity contribution in [2.45, 2.75) is 38.3 Å². The Morgan fingerprint density at radius 2 is 1.96 bits per heavy atom. The minimum atomic E-state index is -0.884. The Labute approximate surface area is 157 Å². The quantitative estimate of drug-likeness (QED) is 0.573. The van der Waals surface area contributed by atoms with Crippen molar-refractivity contribution < 1.29 is 19.1 Å². The molecule has 2 rings (SSSR count). The van der Waals surface area contributed by atoms with Gasteiger partial charge in [-0.05, 0) is 61.8 Å². The summed E-state index contributed by atoms with van der Waals surface area (Å²) in [5.41, 5.74) is 0.639. The summed E-state index contributed by atoms with van der Waals surface area (Å²) in [7, 11) is 0. The maximum atomic E-state index is 14.1. The number of benzene rings is 1. The number of hydrogen-bond acceptors (Lipinski definition) is 2. The zero-order chi connectivity index (χ0) is 18.9. The highest BCUT2D eigenvalue weighted by Gasteiger charge is 2.35. The molecule has 1 saturated carbocycles. The molecule has 142 valence electrons. The third kappa shape index (κ3) is 6.67. The molecule has 1 aromatic rings. The molecule has 0 unspecified atom stereocenters. The first kappa shape index (κ1) is 20.2. The standard InChI is InChI=1S/C19H24ClFN2O3/c20-14-7-9-15(10-8-14)23-19(26)22-12-13-6-11-17(21)16(13)4-2-1-3-5-18(24)25/h1-2,7-10,13,16-17H,3-6,11-12H2,(H,24,25)(H2,22,23,26)/b2-1-/t13-,16-,17-/m1/s1. The van der Waals surface area contributed by atoms with Crippen LogP contribution < -0.4 is 10.6 Å². The van der Waals surface area contributed by atoms with Gasteiger partial charge in [0, 0.05) is 23.7 Å². The van der Waals surface area contributed by atoms with Crippen molar-refractivity contribution in [3.05, 3.63) is 41.4 Å². The predicted molar refractivity (Wildman–Crippen MR) is 100 cm³/mol. The number of aliphatic carboxylic acids is 1. The second-order valence-electron chi connectivity index (χ2n) is 6.50. The Bertz CT molecular complexity index is 636. The molecule has 3 atom stereocenters. The number of carboxylic acids is 1. The summed E-state index contributed by atoms with van der Waals surface area (Å²) in [5.74, 6) is -0.912. The zero-order valence-electron chi connectivity index (χ0n) is 14.5. The topological polar surface area (TPSA) is 78.4 Å². The van der Waals surface area contributed by atoms with Crippen molar-refractivity contribution in [1.82, 2.24) is 5.32 Å². The van der Waals surface area contributed by atoms with E-state index < -0.39 is 12.1 Å². The highest BCUT2D eigenvalue weighted by molar-refractivity contribution is 6.30. The summed E-state index contributed by atoms with van der Waals surface area (Å²) >= 11 is 5.80. The maximum Gasteiger partial charge on any atom is 0.319 e. The molecule has 2 amide bonds. The molecule has 0 saturated heterocycles. The van der Waals surface area contributed by atoms with Crippen LogP contribution in [-0.4, -0.2) is 29.8 Å². The van der Waals surface area contributed by atoms with Crippen molar-refractivity contribution in [1.29, 1.82) is 0 Å². The van der Waals surface area contributed by atoms with Crippen LogP contribution in [0.1, 0.15) is 32.1 Å². The first-order chi connectivity index (χ1) is 12.5. The van der Waals surface area contributed by atoms with Gasteiger partial charge in [0.15, 0.2) is 0 Å². The number of halogens is 2. The molecule has 5 nitrogen and oxygen atoms in total.